The molecule has 1 heterocycles. The molecule has 20 heavy (non-hydrogen) atoms. The Hall–Kier alpha value is -1.45. The molecule has 8 heteroatoms. The highest BCUT2D eigenvalue weighted by atomic mass is 35.5. The van der Waals surface area contributed by atoms with Crippen molar-refractivity contribution >= 4 is 40.6 Å². The molecule has 0 radical (unpaired) electrons. The molecule has 1 aromatic carbocycles. The Morgan fingerprint density at radius 1 is 1.30 bits per heavy atom. The Morgan fingerprint density at radius 3 is 2.40 bits per heavy atom. The summed E-state index contributed by atoms with van der Waals surface area (Å²) in [6.07, 6.45) is 0.211. The minimum Gasteiger partial charge on any atom is -0.396 e. The van der Waals surface area contributed by atoms with Crippen LogP contribution in [0.5, 0.6) is 0 Å². The molecule has 104 valence electrons. The maximum Gasteiger partial charge on any atom is 0.145 e. The van der Waals surface area contributed by atoms with Gasteiger partial charge in [0.05, 0.1) is 15.7 Å². The van der Waals surface area contributed by atoms with Gasteiger partial charge in [-0.1, -0.05) is 34.8 Å². The first-order valence-electron chi connectivity index (χ1n) is 5.52. The van der Waals surface area contributed by atoms with Crippen molar-refractivity contribution in [1.82, 2.24) is 9.78 Å². The van der Waals surface area contributed by atoms with E-state index < -0.39 is 0 Å². The van der Waals surface area contributed by atoms with E-state index in [-0.39, 0.29) is 34.5 Å². The SMILES string of the molecule is N#Cc1c(CCO)nn(-c2c(Cl)cc(Cl)cc2Cl)c1N. The van der Waals surface area contributed by atoms with E-state index in [9.17, 15) is 0 Å². The van der Waals surface area contributed by atoms with E-state index >= 15 is 0 Å². The van der Waals surface area contributed by atoms with Crippen LogP contribution < -0.4 is 5.73 Å². The van der Waals surface area contributed by atoms with Crippen LogP contribution >= 0.6 is 34.8 Å². The van der Waals surface area contributed by atoms with E-state index in [0.717, 1.165) is 0 Å². The van der Waals surface area contributed by atoms with Crippen molar-refractivity contribution < 1.29 is 5.11 Å². The molecular weight excluding hydrogens is 323 g/mol. The number of aliphatic hydroxyl groups excluding tert-OH is 1. The minimum absolute atomic E-state index is 0.113. The number of nitrogens with zero attached hydrogens (tertiary/aromatic N) is 3. The number of anilines is 1. The number of hydrogen-bond acceptors (Lipinski definition) is 4. The topological polar surface area (TPSA) is 87.9 Å². The number of halogens is 3. The molecule has 0 aliphatic rings. The fourth-order valence-corrected chi connectivity index (χ4v) is 2.77. The predicted octanol–water partition coefficient (Wildman–Crippen LogP) is 2.82. The average Bonchev–Trinajstić information content (AvgIpc) is 2.65. The second kappa shape index (κ2) is 5.90. The molecule has 0 fully saturated rings. The molecule has 0 atom stereocenters. The van der Waals surface area contributed by atoms with Crippen LogP contribution in [0, 0.1) is 11.3 Å². The van der Waals surface area contributed by atoms with E-state index in [2.05, 4.69) is 5.10 Å². The lowest BCUT2D eigenvalue weighted by molar-refractivity contribution is 0.298. The fourth-order valence-electron chi connectivity index (χ4n) is 1.79. The second-order valence-electron chi connectivity index (χ2n) is 3.92. The van der Waals surface area contributed by atoms with Gasteiger partial charge in [0, 0.05) is 18.1 Å². The Bertz CT molecular complexity index is 682. The Balaban J connectivity index is 2.69. The molecule has 2 rings (SSSR count). The zero-order valence-corrected chi connectivity index (χ0v) is 12.3. The quantitative estimate of drug-likeness (QED) is 0.905. The van der Waals surface area contributed by atoms with Gasteiger partial charge in [-0.2, -0.15) is 10.4 Å². The van der Waals surface area contributed by atoms with Gasteiger partial charge in [0.2, 0.25) is 0 Å². The predicted molar refractivity (Wildman–Crippen MR) is 78.5 cm³/mol. The van der Waals surface area contributed by atoms with Crippen LogP contribution in [0.25, 0.3) is 5.69 Å². The van der Waals surface area contributed by atoms with Gasteiger partial charge in [-0.3, -0.25) is 0 Å². The van der Waals surface area contributed by atoms with Crippen molar-refractivity contribution in [3.05, 3.63) is 38.5 Å². The normalized spacial score (nSPS) is 10.6. The first kappa shape index (κ1) is 14.9. The van der Waals surface area contributed by atoms with Crippen LogP contribution in [-0.4, -0.2) is 21.5 Å². The lowest BCUT2D eigenvalue weighted by Crippen LogP contribution is -2.04. The van der Waals surface area contributed by atoms with Crippen molar-refractivity contribution in [2.24, 2.45) is 0 Å². The van der Waals surface area contributed by atoms with Crippen LogP contribution in [0.4, 0.5) is 5.82 Å². The lowest BCUT2D eigenvalue weighted by Gasteiger charge is -2.09. The molecule has 0 bridgehead atoms. The molecular formula is C12H9Cl3N4O. The first-order chi connectivity index (χ1) is 9.49. The van der Waals surface area contributed by atoms with E-state index in [1.54, 1.807) is 0 Å². The number of benzene rings is 1. The summed E-state index contributed by atoms with van der Waals surface area (Å²) in [5.74, 6) is 0.113. The number of rotatable bonds is 3. The zero-order valence-electron chi connectivity index (χ0n) is 10.1. The summed E-state index contributed by atoms with van der Waals surface area (Å²) in [5, 5.41) is 23.2. The number of hydrogen-bond donors (Lipinski definition) is 2. The molecule has 0 aliphatic carbocycles. The largest absolute Gasteiger partial charge is 0.396 e. The Kier molecular flexibility index (Phi) is 4.41. The Morgan fingerprint density at radius 2 is 1.90 bits per heavy atom. The highest BCUT2D eigenvalue weighted by molar-refractivity contribution is 6.40. The second-order valence-corrected chi connectivity index (χ2v) is 5.17. The summed E-state index contributed by atoms with van der Waals surface area (Å²) >= 11 is 18.1. The van der Waals surface area contributed by atoms with Gasteiger partial charge in [0.25, 0.3) is 0 Å². The third-order valence-corrected chi connectivity index (χ3v) is 3.44. The highest BCUT2D eigenvalue weighted by Crippen LogP contribution is 2.34. The molecule has 1 aromatic heterocycles. The third-order valence-electron chi connectivity index (χ3n) is 2.65. The average molecular weight is 332 g/mol. The molecule has 2 aromatic rings. The highest BCUT2D eigenvalue weighted by Gasteiger charge is 2.20. The number of nitrogens with two attached hydrogens (primary N) is 1. The van der Waals surface area contributed by atoms with Gasteiger partial charge < -0.3 is 10.8 Å². The minimum atomic E-state index is -0.146. The molecule has 0 amide bonds. The summed E-state index contributed by atoms with van der Waals surface area (Å²) < 4.78 is 1.28. The van der Waals surface area contributed by atoms with E-state index in [0.29, 0.717) is 16.4 Å². The van der Waals surface area contributed by atoms with Crippen LogP contribution in [0.2, 0.25) is 15.1 Å². The number of nitrogen functional groups attached to an aromatic ring is 1. The van der Waals surface area contributed by atoms with Crippen LogP contribution in [-0.2, 0) is 6.42 Å². The standard InChI is InChI=1S/C12H9Cl3N4O/c13-6-3-8(14)11(9(15)4-6)19-12(17)7(5-16)10(18-19)1-2-20/h3-4,20H,1-2,17H2. The van der Waals surface area contributed by atoms with Gasteiger partial charge in [-0.15, -0.1) is 0 Å². The fraction of sp³-hybridized carbons (Fsp3) is 0.167. The smallest absolute Gasteiger partial charge is 0.145 e. The molecule has 0 saturated heterocycles. The summed E-state index contributed by atoms with van der Waals surface area (Å²) in [5.41, 5.74) is 6.82. The Labute approximate surface area is 130 Å². The summed E-state index contributed by atoms with van der Waals surface area (Å²) in [4.78, 5) is 0. The maximum atomic E-state index is 9.12. The van der Waals surface area contributed by atoms with Crippen LogP contribution in [0.1, 0.15) is 11.3 Å². The summed E-state index contributed by atoms with van der Waals surface area (Å²) in [6, 6.07) is 4.96. The van der Waals surface area contributed by atoms with Crippen molar-refractivity contribution in [3.8, 4) is 11.8 Å². The molecule has 5 nitrogen and oxygen atoms in total. The number of aromatic nitrogens is 2. The molecule has 0 aliphatic heterocycles. The first-order valence-corrected chi connectivity index (χ1v) is 6.66. The summed E-state index contributed by atoms with van der Waals surface area (Å²) in [7, 11) is 0. The van der Waals surface area contributed by atoms with Crippen molar-refractivity contribution in [3.63, 3.8) is 0 Å². The van der Waals surface area contributed by atoms with E-state index in [4.69, 9.17) is 50.9 Å². The van der Waals surface area contributed by atoms with Crippen molar-refractivity contribution in [2.75, 3.05) is 12.3 Å². The van der Waals surface area contributed by atoms with Crippen molar-refractivity contribution in [2.45, 2.75) is 6.42 Å². The van der Waals surface area contributed by atoms with Gasteiger partial charge >= 0.3 is 0 Å². The molecule has 0 unspecified atom stereocenters. The third kappa shape index (κ3) is 2.56. The van der Waals surface area contributed by atoms with Gasteiger partial charge in [0.15, 0.2) is 0 Å². The van der Waals surface area contributed by atoms with E-state index in [1.165, 1.54) is 16.8 Å². The zero-order chi connectivity index (χ0) is 14.9. The van der Waals surface area contributed by atoms with Crippen LogP contribution in [0.15, 0.2) is 12.1 Å². The monoisotopic (exact) mass is 330 g/mol. The maximum absolute atomic E-state index is 9.12. The molecule has 3 N–H and O–H groups in total. The molecule has 0 saturated carbocycles. The van der Waals surface area contributed by atoms with Gasteiger partial charge in [-0.25, -0.2) is 4.68 Å². The van der Waals surface area contributed by atoms with Gasteiger partial charge in [-0.05, 0) is 12.1 Å². The van der Waals surface area contributed by atoms with Crippen LogP contribution in [0.3, 0.4) is 0 Å². The number of nitriles is 1. The lowest BCUT2D eigenvalue weighted by atomic mass is 10.2. The van der Waals surface area contributed by atoms with Gasteiger partial charge in [0.1, 0.15) is 23.1 Å². The van der Waals surface area contributed by atoms with Crippen molar-refractivity contribution in [1.29, 1.82) is 5.26 Å². The molecule has 0 spiro atoms. The number of aliphatic hydroxyl groups is 1. The summed E-state index contributed by atoms with van der Waals surface area (Å²) in [6.45, 7) is -0.146. The van der Waals surface area contributed by atoms with E-state index in [1.807, 2.05) is 6.07 Å².